The van der Waals surface area contributed by atoms with Gasteiger partial charge in [0.15, 0.2) is 0 Å². The van der Waals surface area contributed by atoms with Crippen LogP contribution in [0.2, 0.25) is 0 Å². The summed E-state index contributed by atoms with van der Waals surface area (Å²) >= 11 is 0. The molecule has 1 aliphatic rings. The molecular weight excluding hydrogens is 270 g/mol. The van der Waals surface area contributed by atoms with Gasteiger partial charge in [-0.05, 0) is 33.5 Å². The maximum atomic E-state index is 12.4. The highest BCUT2D eigenvalue weighted by Gasteiger charge is 2.38. The minimum Gasteiger partial charge on any atom is -0.387 e. The van der Waals surface area contributed by atoms with E-state index < -0.39 is 5.60 Å². The van der Waals surface area contributed by atoms with Crippen LogP contribution in [0.15, 0.2) is 23.1 Å². The number of nitrogens with zero attached hydrogens (tertiary/aromatic N) is 3. The van der Waals surface area contributed by atoms with Crippen molar-refractivity contribution in [1.29, 1.82) is 0 Å². The van der Waals surface area contributed by atoms with E-state index in [2.05, 4.69) is 0 Å². The Balaban J connectivity index is 2.11. The van der Waals surface area contributed by atoms with Gasteiger partial charge in [-0.25, -0.2) is 0 Å². The Labute approximate surface area is 124 Å². The zero-order valence-electron chi connectivity index (χ0n) is 12.9. The second-order valence-corrected chi connectivity index (χ2v) is 5.98. The van der Waals surface area contributed by atoms with Gasteiger partial charge >= 0.3 is 0 Å². The van der Waals surface area contributed by atoms with Gasteiger partial charge in [0.05, 0.1) is 12.1 Å². The molecule has 1 aromatic rings. The van der Waals surface area contributed by atoms with E-state index in [9.17, 15) is 14.7 Å². The van der Waals surface area contributed by atoms with Gasteiger partial charge in [0.25, 0.3) is 11.5 Å². The van der Waals surface area contributed by atoms with E-state index in [1.165, 1.54) is 6.07 Å². The first-order valence-corrected chi connectivity index (χ1v) is 7.21. The number of carbonyl (C=O) groups excluding carboxylic acids is 1. The molecular formula is C15H23N3O3. The molecule has 1 N–H and O–H groups in total. The first-order valence-electron chi connectivity index (χ1n) is 7.21. The van der Waals surface area contributed by atoms with E-state index in [4.69, 9.17) is 0 Å². The number of hydrogen-bond donors (Lipinski definition) is 1. The molecule has 1 saturated heterocycles. The van der Waals surface area contributed by atoms with Crippen LogP contribution in [0.3, 0.4) is 0 Å². The first kappa shape index (κ1) is 15.7. The number of likely N-dealkylation sites (N-methyl/N-ethyl adjacent to an activating group) is 1. The fourth-order valence-corrected chi connectivity index (χ4v) is 2.83. The molecule has 0 unspecified atom stereocenters. The number of aromatic nitrogens is 1. The molecule has 0 bridgehead atoms. The lowest BCUT2D eigenvalue weighted by Crippen LogP contribution is -2.43. The van der Waals surface area contributed by atoms with Crippen LogP contribution in [0.25, 0.3) is 0 Å². The Morgan fingerprint density at radius 3 is 2.76 bits per heavy atom. The van der Waals surface area contributed by atoms with Crippen LogP contribution in [0.5, 0.6) is 0 Å². The van der Waals surface area contributed by atoms with Crippen molar-refractivity contribution in [1.82, 2.24) is 14.4 Å². The first-order chi connectivity index (χ1) is 9.84. The molecule has 0 aliphatic carbocycles. The summed E-state index contributed by atoms with van der Waals surface area (Å²) in [5.41, 5.74) is -0.651. The number of β-amino-alcohol motifs (C(OH)–C–C–N with tert-alkyl or cyclic N) is 1. The zero-order valence-corrected chi connectivity index (χ0v) is 12.9. The Bertz CT molecular complexity index is 582. The molecule has 1 amide bonds. The molecule has 116 valence electrons. The van der Waals surface area contributed by atoms with Crippen molar-refractivity contribution < 1.29 is 9.90 Å². The molecule has 1 aliphatic heterocycles. The van der Waals surface area contributed by atoms with Crippen molar-refractivity contribution in [3.05, 3.63) is 34.2 Å². The average molecular weight is 293 g/mol. The molecule has 0 radical (unpaired) electrons. The van der Waals surface area contributed by atoms with Crippen molar-refractivity contribution in [2.24, 2.45) is 0 Å². The van der Waals surface area contributed by atoms with E-state index in [1.807, 2.05) is 25.9 Å². The van der Waals surface area contributed by atoms with Crippen molar-refractivity contribution in [2.45, 2.75) is 25.5 Å². The van der Waals surface area contributed by atoms with Gasteiger partial charge in [-0.3, -0.25) is 9.59 Å². The monoisotopic (exact) mass is 293 g/mol. The minimum absolute atomic E-state index is 0.175. The summed E-state index contributed by atoms with van der Waals surface area (Å²) in [6.07, 6.45) is 2.20. The number of rotatable bonds is 4. The smallest absolute Gasteiger partial charge is 0.254 e. The van der Waals surface area contributed by atoms with E-state index >= 15 is 0 Å². The van der Waals surface area contributed by atoms with E-state index in [0.717, 1.165) is 0 Å². The topological polar surface area (TPSA) is 65.8 Å². The molecule has 0 aromatic carbocycles. The number of likely N-dealkylation sites (tertiary alicyclic amines) is 1. The molecule has 0 saturated carbocycles. The summed E-state index contributed by atoms with van der Waals surface area (Å²) in [4.78, 5) is 27.8. The third-order valence-electron chi connectivity index (χ3n) is 3.81. The average Bonchev–Trinajstić information content (AvgIpc) is 2.79. The molecule has 2 heterocycles. The quantitative estimate of drug-likeness (QED) is 0.849. The van der Waals surface area contributed by atoms with Gasteiger partial charge in [0.2, 0.25) is 0 Å². The third kappa shape index (κ3) is 3.51. The summed E-state index contributed by atoms with van der Waals surface area (Å²) in [7, 11) is 3.79. The van der Waals surface area contributed by atoms with Crippen LogP contribution in [0.4, 0.5) is 0 Å². The summed E-state index contributed by atoms with van der Waals surface area (Å²) in [6, 6.07) is 3.03. The SMILES string of the molecule is CCn1ccc(C(=O)N2CC[C@@](O)(CN(C)C)C2)cc1=O. The Morgan fingerprint density at radius 2 is 2.19 bits per heavy atom. The molecule has 1 atom stereocenters. The van der Waals surface area contributed by atoms with Crippen LogP contribution < -0.4 is 5.56 Å². The number of hydrogen-bond acceptors (Lipinski definition) is 4. The molecule has 1 aromatic heterocycles. The molecule has 6 nitrogen and oxygen atoms in total. The van der Waals surface area contributed by atoms with Crippen molar-refractivity contribution in [3.63, 3.8) is 0 Å². The summed E-state index contributed by atoms with van der Waals surface area (Å²) in [6.45, 7) is 3.81. The predicted octanol–water partition coefficient (Wildman–Crippen LogP) is 0.00680. The Hall–Kier alpha value is -1.66. The molecule has 2 rings (SSSR count). The highest BCUT2D eigenvalue weighted by atomic mass is 16.3. The number of pyridine rings is 1. The molecule has 1 fully saturated rings. The maximum Gasteiger partial charge on any atom is 0.254 e. The van der Waals surface area contributed by atoms with Crippen LogP contribution in [-0.2, 0) is 6.54 Å². The summed E-state index contributed by atoms with van der Waals surface area (Å²) < 4.78 is 1.54. The minimum atomic E-state index is -0.864. The van der Waals surface area contributed by atoms with Crippen LogP contribution in [0, 0.1) is 0 Å². The van der Waals surface area contributed by atoms with Crippen LogP contribution in [-0.4, -0.2) is 64.7 Å². The van der Waals surface area contributed by atoms with E-state index in [-0.39, 0.29) is 11.5 Å². The standard InChI is InChI=1S/C15H23N3O3/c1-4-17-7-5-12(9-13(17)19)14(20)18-8-6-15(21,11-18)10-16(2)3/h5,7,9,21H,4,6,8,10-11H2,1-3H3/t15-/m1/s1. The van der Waals surface area contributed by atoms with Crippen LogP contribution >= 0.6 is 0 Å². The Kier molecular flexibility index (Phi) is 4.49. The zero-order chi connectivity index (χ0) is 15.6. The van der Waals surface area contributed by atoms with Gasteiger partial charge < -0.3 is 19.5 Å². The predicted molar refractivity (Wildman–Crippen MR) is 80.4 cm³/mol. The largest absolute Gasteiger partial charge is 0.387 e. The Morgan fingerprint density at radius 1 is 1.48 bits per heavy atom. The number of carbonyl (C=O) groups is 1. The number of aryl methyl sites for hydroxylation is 1. The second kappa shape index (κ2) is 5.99. The number of aliphatic hydroxyl groups is 1. The molecule has 0 spiro atoms. The van der Waals surface area contributed by atoms with E-state index in [0.29, 0.717) is 38.2 Å². The van der Waals surface area contributed by atoms with Gasteiger partial charge in [-0.1, -0.05) is 0 Å². The lowest BCUT2D eigenvalue weighted by molar-refractivity contribution is 0.0236. The summed E-state index contributed by atoms with van der Waals surface area (Å²) in [5.74, 6) is -0.190. The van der Waals surface area contributed by atoms with Gasteiger partial charge in [-0.15, -0.1) is 0 Å². The van der Waals surface area contributed by atoms with Crippen molar-refractivity contribution in [3.8, 4) is 0 Å². The molecule has 6 heteroatoms. The lowest BCUT2D eigenvalue weighted by atomic mass is 10.0. The number of amides is 1. The van der Waals surface area contributed by atoms with Crippen molar-refractivity contribution >= 4 is 5.91 Å². The third-order valence-corrected chi connectivity index (χ3v) is 3.81. The lowest BCUT2D eigenvalue weighted by Gasteiger charge is -2.26. The normalized spacial score (nSPS) is 22.0. The fourth-order valence-electron chi connectivity index (χ4n) is 2.83. The second-order valence-electron chi connectivity index (χ2n) is 5.98. The molecule has 21 heavy (non-hydrogen) atoms. The fraction of sp³-hybridized carbons (Fsp3) is 0.600. The highest BCUT2D eigenvalue weighted by molar-refractivity contribution is 5.94. The van der Waals surface area contributed by atoms with Gasteiger partial charge in [-0.2, -0.15) is 0 Å². The van der Waals surface area contributed by atoms with Gasteiger partial charge in [0.1, 0.15) is 0 Å². The summed E-state index contributed by atoms with van der Waals surface area (Å²) in [5, 5.41) is 10.5. The van der Waals surface area contributed by atoms with Crippen molar-refractivity contribution in [2.75, 3.05) is 33.7 Å². The van der Waals surface area contributed by atoms with E-state index in [1.54, 1.807) is 21.7 Å². The maximum absolute atomic E-state index is 12.4. The van der Waals surface area contributed by atoms with Crippen LogP contribution in [0.1, 0.15) is 23.7 Å². The van der Waals surface area contributed by atoms with Gasteiger partial charge in [0, 0.05) is 37.5 Å². The highest BCUT2D eigenvalue weighted by Crippen LogP contribution is 2.23.